The predicted molar refractivity (Wildman–Crippen MR) is 135 cm³/mol. The van der Waals surface area contributed by atoms with E-state index in [1.54, 1.807) is 6.07 Å². The lowest BCUT2D eigenvalue weighted by Crippen LogP contribution is -2.28. The van der Waals surface area contributed by atoms with E-state index < -0.39 is 29.6 Å². The number of halogens is 7. The molecule has 0 bridgehead atoms. The highest BCUT2D eigenvalue weighted by atomic mass is 35.5. The molecule has 0 aliphatic carbocycles. The first kappa shape index (κ1) is 30.2. The van der Waals surface area contributed by atoms with Gasteiger partial charge in [-0.3, -0.25) is 0 Å². The first-order valence-electron chi connectivity index (χ1n) is 12.0. The second-order valence-electron chi connectivity index (χ2n) is 9.01. The van der Waals surface area contributed by atoms with Crippen molar-refractivity contribution in [2.75, 3.05) is 19.6 Å². The maximum absolute atomic E-state index is 13.4. The molecule has 200 valence electrons. The van der Waals surface area contributed by atoms with E-state index in [-0.39, 0.29) is 23.2 Å². The zero-order chi connectivity index (χ0) is 25.8. The predicted octanol–water partition coefficient (Wildman–Crippen LogP) is 8.78. The number of aliphatic hydroxyl groups is 1. The number of aliphatic hydroxyl groups excluding tert-OH is 1. The summed E-state index contributed by atoms with van der Waals surface area (Å²) in [4.78, 5) is 2.27. The molecule has 3 rings (SSSR count). The lowest BCUT2D eigenvalue weighted by molar-refractivity contribution is -0.138. The second-order valence-corrected chi connectivity index (χ2v) is 9.01. The van der Waals surface area contributed by atoms with Crippen LogP contribution in [0.15, 0.2) is 42.5 Å². The number of hydrogen-bond donors (Lipinski definition) is 1. The van der Waals surface area contributed by atoms with Crippen molar-refractivity contribution < 1.29 is 31.4 Å². The minimum atomic E-state index is -4.64. The van der Waals surface area contributed by atoms with E-state index in [1.807, 2.05) is 0 Å². The first-order valence-corrected chi connectivity index (χ1v) is 12.0. The Morgan fingerprint density at radius 2 is 1.25 bits per heavy atom. The third-order valence-electron chi connectivity index (χ3n) is 6.37. The van der Waals surface area contributed by atoms with Gasteiger partial charge in [0.25, 0.3) is 0 Å². The Labute approximate surface area is 213 Å². The molecule has 0 aliphatic heterocycles. The molecular formula is C27H32ClF6NO. The van der Waals surface area contributed by atoms with Crippen LogP contribution in [0.1, 0.15) is 68.7 Å². The minimum absolute atomic E-state index is 0. The second kappa shape index (κ2) is 12.5. The van der Waals surface area contributed by atoms with Crippen molar-refractivity contribution in [2.24, 2.45) is 0 Å². The summed E-state index contributed by atoms with van der Waals surface area (Å²) in [7, 11) is 0. The van der Waals surface area contributed by atoms with Crippen LogP contribution < -0.4 is 0 Å². The van der Waals surface area contributed by atoms with Gasteiger partial charge in [-0.25, -0.2) is 0 Å². The minimum Gasteiger partial charge on any atom is -0.388 e. The molecule has 0 aromatic heterocycles. The molecule has 0 radical (unpaired) electrons. The largest absolute Gasteiger partial charge is 0.416 e. The summed E-state index contributed by atoms with van der Waals surface area (Å²) in [5, 5.41) is 11.9. The number of nitrogens with zero attached hydrogens (tertiary/aromatic N) is 1. The topological polar surface area (TPSA) is 23.5 Å². The molecule has 9 heteroatoms. The molecule has 0 saturated heterocycles. The third kappa shape index (κ3) is 7.26. The summed E-state index contributed by atoms with van der Waals surface area (Å²) in [6.07, 6.45) is -5.72. The molecule has 1 atom stereocenters. The average Bonchev–Trinajstić information content (AvgIpc) is 2.81. The van der Waals surface area contributed by atoms with E-state index in [9.17, 15) is 31.4 Å². The fourth-order valence-electron chi connectivity index (χ4n) is 4.37. The lowest BCUT2D eigenvalue weighted by atomic mass is 9.91. The van der Waals surface area contributed by atoms with Gasteiger partial charge in [-0.1, -0.05) is 38.8 Å². The van der Waals surface area contributed by atoms with Crippen molar-refractivity contribution >= 4 is 34.0 Å². The van der Waals surface area contributed by atoms with Gasteiger partial charge >= 0.3 is 12.4 Å². The van der Waals surface area contributed by atoms with E-state index in [4.69, 9.17) is 0 Å². The van der Waals surface area contributed by atoms with Crippen molar-refractivity contribution in [3.8, 4) is 0 Å². The van der Waals surface area contributed by atoms with E-state index in [2.05, 4.69) is 18.7 Å². The van der Waals surface area contributed by atoms with Crippen LogP contribution in [0.4, 0.5) is 26.3 Å². The SMILES string of the molecule is CCCCN(CCCC)CCC(O)c1cc2ccc(C(F)(F)F)cc2c2cc(C(F)(F)F)ccc12.Cl. The lowest BCUT2D eigenvalue weighted by Gasteiger charge is -2.24. The van der Waals surface area contributed by atoms with Crippen LogP contribution in [-0.4, -0.2) is 29.6 Å². The van der Waals surface area contributed by atoms with Crippen molar-refractivity contribution in [3.63, 3.8) is 0 Å². The zero-order valence-corrected chi connectivity index (χ0v) is 21.2. The van der Waals surface area contributed by atoms with Gasteiger partial charge in [0.2, 0.25) is 0 Å². The number of alkyl halides is 6. The number of fused-ring (bicyclic) bond motifs is 3. The number of benzene rings is 3. The van der Waals surface area contributed by atoms with Gasteiger partial charge in [0.05, 0.1) is 17.2 Å². The summed E-state index contributed by atoms with van der Waals surface area (Å²) in [5.41, 5.74) is -1.45. The normalized spacial score (nSPS) is 13.4. The molecule has 1 unspecified atom stereocenters. The molecule has 3 aromatic carbocycles. The molecule has 2 nitrogen and oxygen atoms in total. The standard InChI is InChI=1S/C27H31F6NO.ClH/c1-3-5-12-34(13-6-4-2)14-11-25(35)24-15-18-7-8-19(26(28,29)30)16-22(18)23-17-20(27(31,32)33)9-10-21(23)24;/h7-10,15-17,25,35H,3-6,11-14H2,1-2H3;1H. The molecule has 3 aromatic rings. The summed E-state index contributed by atoms with van der Waals surface area (Å²) >= 11 is 0. The van der Waals surface area contributed by atoms with Crippen LogP contribution in [0.3, 0.4) is 0 Å². The number of unbranched alkanes of at least 4 members (excludes halogenated alkanes) is 2. The van der Waals surface area contributed by atoms with Crippen molar-refractivity contribution in [3.05, 3.63) is 59.2 Å². The van der Waals surface area contributed by atoms with Crippen molar-refractivity contribution in [1.29, 1.82) is 0 Å². The Kier molecular flexibility index (Phi) is 10.5. The number of hydrogen-bond acceptors (Lipinski definition) is 2. The van der Waals surface area contributed by atoms with Gasteiger partial charge in [-0.15, -0.1) is 12.4 Å². The molecule has 0 heterocycles. The Balaban J connectivity index is 0.00000456. The summed E-state index contributed by atoms with van der Waals surface area (Å²) in [5.74, 6) is 0. The highest BCUT2D eigenvalue weighted by Crippen LogP contribution is 2.40. The molecule has 0 amide bonds. The Morgan fingerprint density at radius 1 is 0.722 bits per heavy atom. The van der Waals surface area contributed by atoms with Crippen LogP contribution in [0, 0.1) is 0 Å². The molecule has 0 fully saturated rings. The van der Waals surface area contributed by atoms with Gasteiger partial charge < -0.3 is 10.0 Å². The van der Waals surface area contributed by atoms with Crippen LogP contribution in [-0.2, 0) is 12.4 Å². The van der Waals surface area contributed by atoms with Crippen LogP contribution in [0.25, 0.3) is 21.5 Å². The monoisotopic (exact) mass is 535 g/mol. The summed E-state index contributed by atoms with van der Waals surface area (Å²) in [6, 6.07) is 7.68. The molecule has 36 heavy (non-hydrogen) atoms. The van der Waals surface area contributed by atoms with Gasteiger partial charge in [-0.2, -0.15) is 26.3 Å². The molecular weight excluding hydrogens is 504 g/mol. The van der Waals surface area contributed by atoms with Gasteiger partial charge in [0.15, 0.2) is 0 Å². The Morgan fingerprint density at radius 3 is 1.78 bits per heavy atom. The highest BCUT2D eigenvalue weighted by molar-refractivity contribution is 6.09. The first-order chi connectivity index (χ1) is 16.5. The maximum atomic E-state index is 13.4. The van der Waals surface area contributed by atoms with Crippen LogP contribution in [0.5, 0.6) is 0 Å². The van der Waals surface area contributed by atoms with E-state index >= 15 is 0 Å². The molecule has 0 saturated carbocycles. The fourth-order valence-corrected chi connectivity index (χ4v) is 4.37. The Hall–Kier alpha value is -2.03. The summed E-state index contributed by atoms with van der Waals surface area (Å²) in [6.45, 7) is 6.63. The van der Waals surface area contributed by atoms with Crippen molar-refractivity contribution in [2.45, 2.75) is 64.4 Å². The van der Waals surface area contributed by atoms with Crippen LogP contribution in [0.2, 0.25) is 0 Å². The van der Waals surface area contributed by atoms with E-state index in [0.717, 1.165) is 63.0 Å². The smallest absolute Gasteiger partial charge is 0.388 e. The zero-order valence-electron chi connectivity index (χ0n) is 20.3. The molecule has 0 spiro atoms. The maximum Gasteiger partial charge on any atom is 0.416 e. The van der Waals surface area contributed by atoms with Crippen LogP contribution >= 0.6 is 12.4 Å². The number of rotatable bonds is 10. The fraction of sp³-hybridized carbons (Fsp3) is 0.481. The van der Waals surface area contributed by atoms with Crippen molar-refractivity contribution in [1.82, 2.24) is 4.90 Å². The van der Waals surface area contributed by atoms with E-state index in [1.165, 1.54) is 12.1 Å². The van der Waals surface area contributed by atoms with E-state index in [0.29, 0.717) is 29.3 Å². The van der Waals surface area contributed by atoms with Gasteiger partial charge in [0, 0.05) is 6.54 Å². The third-order valence-corrected chi connectivity index (χ3v) is 6.37. The highest BCUT2D eigenvalue weighted by Gasteiger charge is 2.32. The van der Waals surface area contributed by atoms with Gasteiger partial charge in [-0.05, 0) is 89.8 Å². The summed E-state index contributed by atoms with van der Waals surface area (Å²) < 4.78 is 80.2. The average molecular weight is 536 g/mol. The Bertz CT molecular complexity index is 1140. The molecule has 0 aliphatic rings. The van der Waals surface area contributed by atoms with Gasteiger partial charge in [0.1, 0.15) is 0 Å². The molecule has 1 N–H and O–H groups in total. The quantitative estimate of drug-likeness (QED) is 0.207.